The second-order valence-electron chi connectivity index (χ2n) is 8.93. The van der Waals surface area contributed by atoms with Crippen molar-refractivity contribution in [3.05, 3.63) is 35.9 Å². The van der Waals surface area contributed by atoms with Gasteiger partial charge >= 0.3 is 0 Å². The highest BCUT2D eigenvalue weighted by Gasteiger charge is 2.30. The molecule has 1 heterocycles. The highest BCUT2D eigenvalue weighted by molar-refractivity contribution is 8.00. The third kappa shape index (κ3) is 5.47. The van der Waals surface area contributed by atoms with Crippen LogP contribution in [0.2, 0.25) is 0 Å². The Morgan fingerprint density at radius 3 is 2.52 bits per heavy atom. The number of carbonyl (C=O) groups excluding carboxylic acids is 1. The van der Waals surface area contributed by atoms with Gasteiger partial charge in [-0.1, -0.05) is 38.5 Å². The molecule has 8 heteroatoms. The molecule has 3 rings (SSSR count). The molecule has 1 amide bonds. The van der Waals surface area contributed by atoms with Gasteiger partial charge < -0.3 is 5.32 Å². The Labute approximate surface area is 189 Å². The lowest BCUT2D eigenvalue weighted by atomic mass is 9.78. The normalized spacial score (nSPS) is 23.5. The molecule has 5 atom stereocenters. The molecule has 31 heavy (non-hydrogen) atoms. The van der Waals surface area contributed by atoms with Gasteiger partial charge in [0.05, 0.1) is 11.3 Å². The summed E-state index contributed by atoms with van der Waals surface area (Å²) in [7, 11) is 3.95. The number of nitrogens with zero attached hydrogens (tertiary/aromatic N) is 4. The Bertz CT molecular complexity index is 885. The second-order valence-corrected chi connectivity index (χ2v) is 10.2. The summed E-state index contributed by atoms with van der Waals surface area (Å²) in [4.78, 5) is 15.0. The number of hydrogen-bond donors (Lipinski definition) is 1. The first-order valence-corrected chi connectivity index (χ1v) is 11.9. The number of nitrogens with one attached hydrogen (secondary N) is 1. The number of hydrogen-bond acceptors (Lipinski definition) is 5. The topological polar surface area (TPSA) is 63.1 Å². The zero-order valence-corrected chi connectivity index (χ0v) is 20.1. The zero-order chi connectivity index (χ0) is 22.7. The second kappa shape index (κ2) is 10.1. The minimum absolute atomic E-state index is 0.000566. The molecule has 1 N–H and O–H groups in total. The molecule has 1 fully saturated rings. The van der Waals surface area contributed by atoms with Crippen LogP contribution in [0.25, 0.3) is 5.69 Å². The Morgan fingerprint density at radius 1 is 1.19 bits per heavy atom. The lowest BCUT2D eigenvalue weighted by Crippen LogP contribution is -2.46. The van der Waals surface area contributed by atoms with Crippen molar-refractivity contribution < 1.29 is 9.18 Å². The predicted molar refractivity (Wildman–Crippen MR) is 123 cm³/mol. The van der Waals surface area contributed by atoms with Crippen LogP contribution >= 0.6 is 11.8 Å². The van der Waals surface area contributed by atoms with E-state index in [1.807, 2.05) is 37.4 Å². The first kappa shape index (κ1) is 23.7. The Hall–Kier alpha value is -1.93. The largest absolute Gasteiger partial charge is 0.352 e. The number of halogens is 1. The molecule has 1 aromatic heterocycles. The van der Waals surface area contributed by atoms with Gasteiger partial charge in [-0.3, -0.25) is 14.3 Å². The maximum Gasteiger partial charge on any atom is 0.233 e. The summed E-state index contributed by atoms with van der Waals surface area (Å²) in [6.45, 7) is 8.43. The first-order valence-electron chi connectivity index (χ1n) is 11.0. The number of carbonyl (C=O) groups is 1. The minimum atomic E-state index is -0.324. The maximum atomic E-state index is 13.5. The summed E-state index contributed by atoms with van der Waals surface area (Å²) in [5.74, 6) is 1.58. The third-order valence-electron chi connectivity index (χ3n) is 6.58. The fourth-order valence-electron chi connectivity index (χ4n) is 3.99. The van der Waals surface area contributed by atoms with E-state index in [-0.39, 0.29) is 29.1 Å². The van der Waals surface area contributed by atoms with Gasteiger partial charge in [-0.15, -0.1) is 10.2 Å². The van der Waals surface area contributed by atoms with Crippen LogP contribution in [-0.2, 0) is 4.79 Å². The average Bonchev–Trinajstić information content (AvgIpc) is 3.14. The van der Waals surface area contributed by atoms with Crippen molar-refractivity contribution in [2.75, 3.05) is 14.1 Å². The summed E-state index contributed by atoms with van der Waals surface area (Å²) in [6.07, 6.45) is 3.42. The van der Waals surface area contributed by atoms with Gasteiger partial charge in [-0.25, -0.2) is 4.39 Å². The summed E-state index contributed by atoms with van der Waals surface area (Å²) < 4.78 is 15.4. The van der Waals surface area contributed by atoms with E-state index in [0.717, 1.165) is 24.4 Å². The van der Waals surface area contributed by atoms with E-state index in [1.54, 1.807) is 12.1 Å². The standard InChI is InChI=1S/C23H34FN5OS/c1-14-8-7-9-20(15(14)2)25-22(30)17(4)31-23-27-26-21(16(3)28(5)6)29(23)19-12-10-18(24)11-13-19/h10-17,20H,7-9H2,1-6H3,(H,25,30)/t14-,15+,16-,17-,20+/m0/s1. The predicted octanol–water partition coefficient (Wildman–Crippen LogP) is 4.45. The van der Waals surface area contributed by atoms with Crippen molar-refractivity contribution >= 4 is 17.7 Å². The summed E-state index contributed by atoms with van der Waals surface area (Å²) in [6, 6.07) is 6.50. The van der Waals surface area contributed by atoms with Gasteiger partial charge in [-0.2, -0.15) is 0 Å². The molecule has 0 aliphatic heterocycles. The molecule has 0 saturated heterocycles. The van der Waals surface area contributed by atoms with E-state index in [2.05, 4.69) is 29.4 Å². The quantitative estimate of drug-likeness (QED) is 0.636. The number of rotatable bonds is 7. The Balaban J connectivity index is 1.81. The molecule has 0 bridgehead atoms. The van der Waals surface area contributed by atoms with Gasteiger partial charge in [0.1, 0.15) is 5.82 Å². The Morgan fingerprint density at radius 2 is 1.87 bits per heavy atom. The molecule has 1 aliphatic rings. The molecular formula is C23H34FN5OS. The fraction of sp³-hybridized carbons (Fsp3) is 0.609. The Kier molecular flexibility index (Phi) is 7.75. The monoisotopic (exact) mass is 447 g/mol. The van der Waals surface area contributed by atoms with Crippen LogP contribution in [0, 0.1) is 17.7 Å². The van der Waals surface area contributed by atoms with E-state index in [9.17, 15) is 9.18 Å². The molecule has 0 spiro atoms. The van der Waals surface area contributed by atoms with Gasteiger partial charge in [0.15, 0.2) is 11.0 Å². The van der Waals surface area contributed by atoms with Crippen LogP contribution < -0.4 is 5.32 Å². The lowest BCUT2D eigenvalue weighted by Gasteiger charge is -2.35. The van der Waals surface area contributed by atoms with Crippen molar-refractivity contribution in [3.8, 4) is 5.69 Å². The summed E-state index contributed by atoms with van der Waals surface area (Å²) in [5, 5.41) is 12.4. The number of thioether (sulfide) groups is 1. The smallest absolute Gasteiger partial charge is 0.233 e. The van der Waals surface area contributed by atoms with E-state index < -0.39 is 0 Å². The van der Waals surface area contributed by atoms with Crippen molar-refractivity contribution in [1.29, 1.82) is 0 Å². The fourth-order valence-corrected chi connectivity index (χ4v) is 4.87. The SMILES string of the molecule is C[C@@H]1[C@@H](C)CCC[C@H]1NC(=O)[C@H](C)Sc1nnc([C@H](C)N(C)C)n1-c1ccc(F)cc1. The molecule has 1 aliphatic carbocycles. The van der Waals surface area contributed by atoms with Gasteiger partial charge in [-0.05, 0) is 70.5 Å². The minimum Gasteiger partial charge on any atom is -0.352 e. The van der Waals surface area contributed by atoms with Gasteiger partial charge in [0.2, 0.25) is 5.91 Å². The summed E-state index contributed by atoms with van der Waals surface area (Å²) in [5.41, 5.74) is 0.778. The highest BCUT2D eigenvalue weighted by Crippen LogP contribution is 2.32. The first-order chi connectivity index (χ1) is 14.7. The molecule has 170 valence electrons. The lowest BCUT2D eigenvalue weighted by molar-refractivity contribution is -0.121. The number of benzene rings is 1. The zero-order valence-electron chi connectivity index (χ0n) is 19.3. The van der Waals surface area contributed by atoms with E-state index in [1.165, 1.54) is 30.3 Å². The van der Waals surface area contributed by atoms with Crippen LogP contribution in [-0.4, -0.2) is 51.0 Å². The van der Waals surface area contributed by atoms with E-state index >= 15 is 0 Å². The van der Waals surface area contributed by atoms with E-state index in [4.69, 9.17) is 0 Å². The van der Waals surface area contributed by atoms with Gasteiger partial charge in [0.25, 0.3) is 0 Å². The van der Waals surface area contributed by atoms with Crippen LogP contribution in [0.5, 0.6) is 0 Å². The van der Waals surface area contributed by atoms with Crippen molar-refractivity contribution in [1.82, 2.24) is 25.0 Å². The van der Waals surface area contributed by atoms with Crippen LogP contribution in [0.1, 0.15) is 58.8 Å². The molecule has 0 radical (unpaired) electrons. The van der Waals surface area contributed by atoms with Crippen molar-refractivity contribution in [3.63, 3.8) is 0 Å². The molecule has 2 aromatic rings. The molecule has 1 aromatic carbocycles. The van der Waals surface area contributed by atoms with Crippen LogP contribution in [0.15, 0.2) is 29.4 Å². The number of amides is 1. The third-order valence-corrected chi connectivity index (χ3v) is 7.62. The average molecular weight is 448 g/mol. The number of aromatic nitrogens is 3. The maximum absolute atomic E-state index is 13.5. The van der Waals surface area contributed by atoms with E-state index in [0.29, 0.717) is 17.0 Å². The van der Waals surface area contributed by atoms with Gasteiger partial charge in [0, 0.05) is 11.7 Å². The molecule has 1 saturated carbocycles. The van der Waals surface area contributed by atoms with Crippen LogP contribution in [0.3, 0.4) is 0 Å². The molecule has 0 unspecified atom stereocenters. The summed E-state index contributed by atoms with van der Waals surface area (Å²) >= 11 is 1.38. The molecule has 6 nitrogen and oxygen atoms in total. The van der Waals surface area contributed by atoms with Crippen molar-refractivity contribution in [2.45, 2.75) is 69.4 Å². The van der Waals surface area contributed by atoms with Crippen LogP contribution in [0.4, 0.5) is 4.39 Å². The molecular weight excluding hydrogens is 413 g/mol. The van der Waals surface area contributed by atoms with Crippen molar-refractivity contribution in [2.24, 2.45) is 11.8 Å². The highest BCUT2D eigenvalue weighted by atomic mass is 32.2.